The number of aryl methyl sites for hydroxylation is 1. The van der Waals surface area contributed by atoms with Gasteiger partial charge in [0.25, 0.3) is 0 Å². The highest BCUT2D eigenvalue weighted by Gasteiger charge is 2.30. The highest BCUT2D eigenvalue weighted by Crippen LogP contribution is 2.34. The summed E-state index contributed by atoms with van der Waals surface area (Å²) in [6.07, 6.45) is -0.454. The van der Waals surface area contributed by atoms with Crippen molar-refractivity contribution in [2.24, 2.45) is 0 Å². The molecule has 0 unspecified atom stereocenters. The molecule has 0 aliphatic carbocycles. The van der Waals surface area contributed by atoms with E-state index >= 15 is 0 Å². The number of nitrogens with zero attached hydrogens (tertiary/aromatic N) is 1. The molecule has 0 aromatic heterocycles. The van der Waals surface area contributed by atoms with Crippen LogP contribution in [-0.2, 0) is 0 Å². The minimum atomic E-state index is -0.454. The van der Waals surface area contributed by atoms with Gasteiger partial charge in [0.15, 0.2) is 0 Å². The fourth-order valence-corrected chi connectivity index (χ4v) is 1.92. The Morgan fingerprint density at radius 3 is 2.80 bits per heavy atom. The highest BCUT2D eigenvalue weighted by atomic mass is 16.5. The summed E-state index contributed by atoms with van der Waals surface area (Å²) in [5.74, 6) is 0.820. The molecule has 0 radical (unpaired) electrons. The van der Waals surface area contributed by atoms with Crippen LogP contribution in [0.3, 0.4) is 0 Å². The maximum atomic E-state index is 10.2. The van der Waals surface area contributed by atoms with Gasteiger partial charge in [-0.2, -0.15) is 0 Å². The molecular formula is C12H17NO2. The molecule has 1 heterocycles. The van der Waals surface area contributed by atoms with E-state index in [2.05, 4.69) is 0 Å². The van der Waals surface area contributed by atoms with Crippen LogP contribution in [-0.4, -0.2) is 36.8 Å². The monoisotopic (exact) mass is 207 g/mol. The minimum absolute atomic E-state index is 0.0419. The summed E-state index contributed by atoms with van der Waals surface area (Å²) in [6, 6.07) is 5.97. The second kappa shape index (κ2) is 3.83. The first-order valence-corrected chi connectivity index (χ1v) is 5.17. The molecule has 0 fully saturated rings. The number of likely N-dealkylation sites (N-methyl/N-ethyl adjacent to an activating group) is 1. The molecule has 0 spiro atoms. The van der Waals surface area contributed by atoms with Crippen LogP contribution < -0.4 is 4.74 Å². The molecule has 1 N–H and O–H groups in total. The normalized spacial score (nSPS) is 24.9. The summed E-state index contributed by atoms with van der Waals surface area (Å²) < 4.78 is 5.65. The van der Waals surface area contributed by atoms with E-state index in [1.807, 2.05) is 44.1 Å². The number of aliphatic hydroxyl groups excluding tert-OH is 1. The van der Waals surface area contributed by atoms with E-state index < -0.39 is 6.10 Å². The number of fused-ring (bicyclic) bond motifs is 1. The second-order valence-electron chi connectivity index (χ2n) is 4.33. The van der Waals surface area contributed by atoms with Crippen molar-refractivity contribution in [2.45, 2.75) is 19.1 Å². The molecule has 3 nitrogen and oxygen atoms in total. The number of ether oxygens (including phenoxy) is 1. The van der Waals surface area contributed by atoms with Crippen molar-refractivity contribution in [3.63, 3.8) is 0 Å². The van der Waals surface area contributed by atoms with Gasteiger partial charge < -0.3 is 14.7 Å². The molecule has 1 aliphatic rings. The van der Waals surface area contributed by atoms with Gasteiger partial charge in [-0.25, -0.2) is 0 Å². The lowest BCUT2D eigenvalue weighted by Gasteiger charge is -2.34. The third-order valence-electron chi connectivity index (χ3n) is 2.93. The summed E-state index contributed by atoms with van der Waals surface area (Å²) in [5, 5.41) is 10.2. The second-order valence-corrected chi connectivity index (χ2v) is 4.33. The molecule has 0 saturated carbocycles. The van der Waals surface area contributed by atoms with Gasteiger partial charge in [-0.15, -0.1) is 0 Å². The van der Waals surface area contributed by atoms with E-state index in [1.54, 1.807) is 0 Å². The van der Waals surface area contributed by atoms with E-state index in [-0.39, 0.29) is 6.04 Å². The van der Waals surface area contributed by atoms with Crippen LogP contribution in [0.15, 0.2) is 18.2 Å². The van der Waals surface area contributed by atoms with Crippen molar-refractivity contribution >= 4 is 0 Å². The zero-order chi connectivity index (χ0) is 11.0. The predicted molar refractivity (Wildman–Crippen MR) is 59.1 cm³/mol. The van der Waals surface area contributed by atoms with Crippen molar-refractivity contribution in [2.75, 3.05) is 20.7 Å². The molecule has 1 aromatic carbocycles. The number of rotatable bonds is 1. The Bertz CT molecular complexity index is 363. The third-order valence-corrected chi connectivity index (χ3v) is 2.93. The van der Waals surface area contributed by atoms with Crippen molar-refractivity contribution < 1.29 is 9.84 Å². The van der Waals surface area contributed by atoms with E-state index in [1.165, 1.54) is 0 Å². The Morgan fingerprint density at radius 1 is 1.40 bits per heavy atom. The van der Waals surface area contributed by atoms with Crippen LogP contribution in [0.5, 0.6) is 5.75 Å². The van der Waals surface area contributed by atoms with Gasteiger partial charge in [0.1, 0.15) is 18.5 Å². The number of benzene rings is 1. The third kappa shape index (κ3) is 1.85. The molecule has 2 atom stereocenters. The molecule has 0 bridgehead atoms. The first-order valence-electron chi connectivity index (χ1n) is 5.17. The summed E-state index contributed by atoms with van der Waals surface area (Å²) in [4.78, 5) is 1.99. The summed E-state index contributed by atoms with van der Waals surface area (Å²) in [6.45, 7) is 2.57. The van der Waals surface area contributed by atoms with Gasteiger partial charge in [-0.05, 0) is 32.6 Å². The van der Waals surface area contributed by atoms with Crippen molar-refractivity contribution in [3.8, 4) is 5.75 Å². The lowest BCUT2D eigenvalue weighted by molar-refractivity contribution is 0.0258. The Kier molecular flexibility index (Phi) is 2.67. The highest BCUT2D eigenvalue weighted by molar-refractivity contribution is 5.40. The Labute approximate surface area is 90.3 Å². The molecule has 0 saturated heterocycles. The first-order chi connectivity index (χ1) is 7.09. The van der Waals surface area contributed by atoms with E-state index in [0.29, 0.717) is 6.61 Å². The van der Waals surface area contributed by atoms with Crippen molar-refractivity contribution in [1.29, 1.82) is 0 Å². The van der Waals surface area contributed by atoms with Crippen LogP contribution in [0.4, 0.5) is 0 Å². The smallest absolute Gasteiger partial charge is 0.125 e. The average Bonchev–Trinajstić information content (AvgIpc) is 2.17. The zero-order valence-electron chi connectivity index (χ0n) is 9.40. The fraction of sp³-hybridized carbons (Fsp3) is 0.500. The summed E-state index contributed by atoms with van der Waals surface area (Å²) >= 11 is 0. The zero-order valence-corrected chi connectivity index (χ0v) is 9.40. The number of aliphatic hydroxyl groups is 1. The standard InChI is InChI=1S/C12H17NO2/c1-8-4-5-9-11(6-8)15-7-10(12(9)14)13(2)3/h4-6,10,12,14H,7H2,1-3H3/t10-,12+/m1/s1. The maximum absolute atomic E-state index is 10.2. The van der Waals surface area contributed by atoms with Gasteiger partial charge in [0.2, 0.25) is 0 Å². The van der Waals surface area contributed by atoms with E-state index in [9.17, 15) is 5.11 Å². The lowest BCUT2D eigenvalue weighted by atomic mass is 9.97. The molecule has 82 valence electrons. The van der Waals surface area contributed by atoms with Crippen LogP contribution in [0.1, 0.15) is 17.2 Å². The largest absolute Gasteiger partial charge is 0.491 e. The first kappa shape index (κ1) is 10.5. The van der Waals surface area contributed by atoms with E-state index in [4.69, 9.17) is 4.74 Å². The molecule has 2 rings (SSSR count). The van der Waals surface area contributed by atoms with Crippen molar-refractivity contribution in [1.82, 2.24) is 4.90 Å². The number of hydrogen-bond donors (Lipinski definition) is 1. The number of hydrogen-bond acceptors (Lipinski definition) is 3. The van der Waals surface area contributed by atoms with Gasteiger partial charge in [-0.3, -0.25) is 0 Å². The van der Waals surface area contributed by atoms with Crippen LogP contribution in [0.2, 0.25) is 0 Å². The minimum Gasteiger partial charge on any atom is -0.491 e. The topological polar surface area (TPSA) is 32.7 Å². The summed E-state index contributed by atoms with van der Waals surface area (Å²) in [7, 11) is 3.91. The van der Waals surface area contributed by atoms with E-state index in [0.717, 1.165) is 16.9 Å². The quantitative estimate of drug-likeness (QED) is 0.754. The molecular weight excluding hydrogens is 190 g/mol. The lowest BCUT2D eigenvalue weighted by Crippen LogP contribution is -2.41. The van der Waals surface area contributed by atoms with Crippen LogP contribution >= 0.6 is 0 Å². The Morgan fingerprint density at radius 2 is 2.13 bits per heavy atom. The van der Waals surface area contributed by atoms with Gasteiger partial charge in [0, 0.05) is 5.56 Å². The molecule has 1 aliphatic heterocycles. The van der Waals surface area contributed by atoms with Crippen molar-refractivity contribution in [3.05, 3.63) is 29.3 Å². The van der Waals surface area contributed by atoms with Gasteiger partial charge in [-0.1, -0.05) is 12.1 Å². The van der Waals surface area contributed by atoms with Gasteiger partial charge >= 0.3 is 0 Å². The molecule has 15 heavy (non-hydrogen) atoms. The maximum Gasteiger partial charge on any atom is 0.125 e. The SMILES string of the molecule is Cc1ccc2c(c1)OC[C@@H](N(C)C)[C@H]2O. The predicted octanol–water partition coefficient (Wildman–Crippen LogP) is 1.35. The fourth-order valence-electron chi connectivity index (χ4n) is 1.92. The van der Waals surface area contributed by atoms with Gasteiger partial charge in [0.05, 0.1) is 6.04 Å². The average molecular weight is 207 g/mol. The van der Waals surface area contributed by atoms with Crippen LogP contribution in [0, 0.1) is 6.92 Å². The molecule has 0 amide bonds. The van der Waals surface area contributed by atoms with Crippen LogP contribution in [0.25, 0.3) is 0 Å². The molecule has 3 heteroatoms. The Balaban J connectivity index is 2.34. The summed E-state index contributed by atoms with van der Waals surface area (Å²) in [5.41, 5.74) is 2.05. The molecule has 1 aromatic rings. The Hall–Kier alpha value is -1.06.